The van der Waals surface area contributed by atoms with Crippen LogP contribution in [0.15, 0.2) is 30.5 Å². The molecule has 3 rings (SSSR count). The largest absolute Gasteiger partial charge is 0.484 e. The van der Waals surface area contributed by atoms with Gasteiger partial charge in [0.25, 0.3) is 11.8 Å². The van der Waals surface area contributed by atoms with Gasteiger partial charge in [0.2, 0.25) is 0 Å². The van der Waals surface area contributed by atoms with E-state index in [1.54, 1.807) is 35.4 Å². The van der Waals surface area contributed by atoms with Crippen LogP contribution in [0.1, 0.15) is 60.0 Å². The zero-order valence-corrected chi connectivity index (χ0v) is 19.8. The third-order valence-corrected chi connectivity index (χ3v) is 6.11. The Balaban J connectivity index is 1.52. The van der Waals surface area contributed by atoms with Gasteiger partial charge in [-0.15, -0.1) is 0 Å². The van der Waals surface area contributed by atoms with E-state index in [9.17, 15) is 14.4 Å². The number of amides is 2. The second kappa shape index (κ2) is 11.7. The van der Waals surface area contributed by atoms with Crippen LogP contribution in [-0.2, 0) is 11.2 Å². The van der Waals surface area contributed by atoms with E-state index in [0.717, 1.165) is 38.2 Å². The van der Waals surface area contributed by atoms with E-state index < -0.39 is 0 Å². The van der Waals surface area contributed by atoms with Crippen LogP contribution >= 0.6 is 0 Å². The first-order valence-corrected chi connectivity index (χ1v) is 11.7. The van der Waals surface area contributed by atoms with Gasteiger partial charge in [0.15, 0.2) is 12.4 Å². The number of H-pyrrole nitrogens is 1. The number of hydrogen-bond acceptors (Lipinski definition) is 5. The van der Waals surface area contributed by atoms with Crippen molar-refractivity contribution in [3.63, 3.8) is 0 Å². The molecule has 1 heterocycles. The highest BCUT2D eigenvalue weighted by atomic mass is 16.5. The van der Waals surface area contributed by atoms with Crippen LogP contribution in [0.3, 0.4) is 0 Å². The summed E-state index contributed by atoms with van der Waals surface area (Å²) in [6.45, 7) is 10.2. The maximum Gasteiger partial charge on any atom is 0.260 e. The Morgan fingerprint density at radius 2 is 1.76 bits per heavy atom. The molecule has 8 nitrogen and oxygen atoms in total. The number of aryl methyl sites for hydroxylation is 1. The zero-order chi connectivity index (χ0) is 23.8. The third kappa shape index (κ3) is 6.22. The molecule has 1 aliphatic rings. The minimum atomic E-state index is -0.321. The molecular weight excluding hydrogens is 420 g/mol. The van der Waals surface area contributed by atoms with Gasteiger partial charge in [0.05, 0.1) is 11.1 Å². The maximum atomic E-state index is 12.7. The molecule has 0 fully saturated rings. The van der Waals surface area contributed by atoms with Crippen molar-refractivity contribution in [2.45, 2.75) is 40.0 Å². The van der Waals surface area contributed by atoms with E-state index >= 15 is 0 Å². The van der Waals surface area contributed by atoms with Crippen molar-refractivity contribution in [2.24, 2.45) is 0 Å². The van der Waals surface area contributed by atoms with Gasteiger partial charge >= 0.3 is 0 Å². The molecule has 2 N–H and O–H groups in total. The molecule has 1 aromatic heterocycles. The molecule has 0 saturated carbocycles. The number of nitrogens with one attached hydrogen (secondary N) is 2. The average molecular weight is 455 g/mol. The highest BCUT2D eigenvalue weighted by Gasteiger charge is 2.25. The Hall–Kier alpha value is -3.13. The molecule has 0 atom stereocenters. The number of ether oxygens (including phenoxy) is 1. The maximum absolute atomic E-state index is 12.7. The number of aromatic nitrogens is 1. The number of aromatic amines is 1. The summed E-state index contributed by atoms with van der Waals surface area (Å²) in [6, 6.07) is 6.87. The van der Waals surface area contributed by atoms with Crippen LogP contribution in [0.5, 0.6) is 5.75 Å². The van der Waals surface area contributed by atoms with Gasteiger partial charge in [-0.2, -0.15) is 0 Å². The predicted octanol–water partition coefficient (Wildman–Crippen LogP) is 3.36. The number of Topliss-reactive ketones (excluding diaryl/α,β-unsaturated/α-hetero) is 1. The molecule has 178 valence electrons. The zero-order valence-electron chi connectivity index (χ0n) is 19.8. The van der Waals surface area contributed by atoms with Gasteiger partial charge < -0.3 is 24.8 Å². The minimum absolute atomic E-state index is 0.00860. The van der Waals surface area contributed by atoms with Crippen molar-refractivity contribution in [1.82, 2.24) is 14.8 Å². The lowest BCUT2D eigenvalue weighted by Gasteiger charge is -2.25. The monoisotopic (exact) mass is 454 g/mol. The first-order chi connectivity index (χ1) is 16.0. The molecule has 1 aliphatic carbocycles. The predicted molar refractivity (Wildman–Crippen MR) is 128 cm³/mol. The van der Waals surface area contributed by atoms with E-state index in [1.807, 2.05) is 6.92 Å². The summed E-state index contributed by atoms with van der Waals surface area (Å²) >= 11 is 0. The van der Waals surface area contributed by atoms with E-state index in [1.165, 1.54) is 0 Å². The molecule has 0 aliphatic heterocycles. The highest BCUT2D eigenvalue weighted by Crippen LogP contribution is 2.25. The van der Waals surface area contributed by atoms with E-state index in [-0.39, 0.29) is 24.2 Å². The number of anilines is 1. The number of fused-ring (bicyclic) bond motifs is 1. The molecule has 0 bridgehead atoms. The molecule has 33 heavy (non-hydrogen) atoms. The molecule has 0 saturated heterocycles. The van der Waals surface area contributed by atoms with Crippen molar-refractivity contribution in [1.29, 1.82) is 0 Å². The van der Waals surface area contributed by atoms with E-state index in [2.05, 4.69) is 29.0 Å². The standard InChI is InChI=1S/C25H34N4O4/c1-4-28(5-2)14-15-29(6-3)23(31)17-33-19-12-10-18(11-13-19)27-25(32)20-16-26-21-8-7-9-22(30)24(20)21/h10-13,16,26H,4-9,14-15,17H2,1-3H3,(H,27,32). The topological polar surface area (TPSA) is 94.7 Å². The molecule has 1 aromatic carbocycles. The summed E-state index contributed by atoms with van der Waals surface area (Å²) < 4.78 is 5.66. The van der Waals surface area contributed by atoms with Crippen LogP contribution in [0.4, 0.5) is 5.69 Å². The summed E-state index contributed by atoms with van der Waals surface area (Å²) in [5.41, 5.74) is 2.32. The molecule has 0 unspecified atom stereocenters. The molecule has 2 amide bonds. The average Bonchev–Trinajstić information content (AvgIpc) is 3.27. The third-order valence-electron chi connectivity index (χ3n) is 6.11. The Morgan fingerprint density at radius 3 is 2.42 bits per heavy atom. The van der Waals surface area contributed by atoms with Gasteiger partial charge in [0, 0.05) is 43.6 Å². The number of hydrogen-bond donors (Lipinski definition) is 2. The smallest absolute Gasteiger partial charge is 0.260 e. The highest BCUT2D eigenvalue weighted by molar-refractivity contribution is 6.13. The molecule has 8 heteroatoms. The van der Waals surface area contributed by atoms with Crippen molar-refractivity contribution in [3.05, 3.63) is 47.3 Å². The first-order valence-electron chi connectivity index (χ1n) is 11.7. The summed E-state index contributed by atoms with van der Waals surface area (Å²) in [4.78, 5) is 44.6. The molecular formula is C25H34N4O4. The van der Waals surface area contributed by atoms with Crippen molar-refractivity contribution >= 4 is 23.3 Å². The van der Waals surface area contributed by atoms with Crippen LogP contribution in [0, 0.1) is 0 Å². The van der Waals surface area contributed by atoms with E-state index in [0.29, 0.717) is 42.1 Å². The molecule has 0 spiro atoms. The van der Waals surface area contributed by atoms with E-state index in [4.69, 9.17) is 4.74 Å². The second-order valence-electron chi connectivity index (χ2n) is 8.10. The van der Waals surface area contributed by atoms with Crippen LogP contribution in [0.25, 0.3) is 0 Å². The van der Waals surface area contributed by atoms with Crippen LogP contribution < -0.4 is 10.1 Å². The normalized spacial score (nSPS) is 13.0. The fourth-order valence-corrected chi connectivity index (χ4v) is 4.04. The lowest BCUT2D eigenvalue weighted by atomic mass is 9.93. The number of likely N-dealkylation sites (N-methyl/N-ethyl adjacent to an activating group) is 2. The summed E-state index contributed by atoms with van der Waals surface area (Å²) in [5, 5.41) is 2.83. The lowest BCUT2D eigenvalue weighted by molar-refractivity contribution is -0.133. The number of ketones is 1. The minimum Gasteiger partial charge on any atom is -0.484 e. The second-order valence-corrected chi connectivity index (χ2v) is 8.10. The number of nitrogens with zero attached hydrogens (tertiary/aromatic N) is 2. The van der Waals surface area contributed by atoms with Crippen LogP contribution in [0.2, 0.25) is 0 Å². The van der Waals surface area contributed by atoms with Crippen LogP contribution in [-0.4, -0.2) is 71.7 Å². The molecule has 2 aromatic rings. The van der Waals surface area contributed by atoms with Gasteiger partial charge in [0.1, 0.15) is 5.75 Å². The number of carbonyl (C=O) groups excluding carboxylic acids is 3. The number of carbonyl (C=O) groups is 3. The molecule has 0 radical (unpaired) electrons. The Morgan fingerprint density at radius 1 is 1.03 bits per heavy atom. The summed E-state index contributed by atoms with van der Waals surface area (Å²) in [6.07, 6.45) is 3.67. The van der Waals surface area contributed by atoms with Crippen molar-refractivity contribution in [3.8, 4) is 5.75 Å². The van der Waals surface area contributed by atoms with Crippen molar-refractivity contribution < 1.29 is 19.1 Å². The lowest BCUT2D eigenvalue weighted by Crippen LogP contribution is -2.40. The fraction of sp³-hybridized carbons (Fsp3) is 0.480. The number of benzene rings is 1. The Bertz CT molecular complexity index is 963. The quantitative estimate of drug-likeness (QED) is 0.543. The number of rotatable bonds is 11. The van der Waals surface area contributed by atoms with Gasteiger partial charge in [-0.05, 0) is 57.1 Å². The fourth-order valence-electron chi connectivity index (χ4n) is 4.04. The van der Waals surface area contributed by atoms with Gasteiger partial charge in [-0.3, -0.25) is 14.4 Å². The van der Waals surface area contributed by atoms with Gasteiger partial charge in [-0.25, -0.2) is 0 Å². The SMILES string of the molecule is CCN(CC)CCN(CC)C(=O)COc1ccc(NC(=O)c2c[nH]c3c2C(=O)CCC3)cc1. The Labute approximate surface area is 195 Å². The van der Waals surface area contributed by atoms with Gasteiger partial charge in [-0.1, -0.05) is 13.8 Å². The van der Waals surface area contributed by atoms with Crippen molar-refractivity contribution in [2.75, 3.05) is 44.6 Å². The first kappa shape index (κ1) is 24.5. The Kier molecular flexibility index (Phi) is 8.65. The summed E-state index contributed by atoms with van der Waals surface area (Å²) in [7, 11) is 0. The summed E-state index contributed by atoms with van der Waals surface area (Å²) in [5.74, 6) is 0.187.